The molecule has 0 aliphatic carbocycles. The van der Waals surface area contributed by atoms with Gasteiger partial charge in [0, 0.05) is 10.8 Å². The zero-order valence-electron chi connectivity index (χ0n) is 12.3. The molecule has 1 fully saturated rings. The van der Waals surface area contributed by atoms with Crippen molar-refractivity contribution in [3.8, 4) is 0 Å². The number of carboxylic acids is 1. The van der Waals surface area contributed by atoms with Gasteiger partial charge in [-0.25, -0.2) is 4.79 Å². The summed E-state index contributed by atoms with van der Waals surface area (Å²) in [6, 6.07) is -0.341. The maximum Gasteiger partial charge on any atom is 0.353 e. The number of carbonyl (C=O) groups excluding carboxylic acids is 2. The number of aliphatic carboxylic acids is 1. The summed E-state index contributed by atoms with van der Waals surface area (Å²) in [6.45, 7) is 3.21. The van der Waals surface area contributed by atoms with E-state index in [1.54, 1.807) is 0 Å². The van der Waals surface area contributed by atoms with E-state index in [1.807, 2.05) is 6.92 Å². The number of nitrogens with one attached hydrogen (secondary N) is 1. The third-order valence-corrected chi connectivity index (χ3v) is 5.16. The highest BCUT2D eigenvalue weighted by molar-refractivity contribution is 8.03. The van der Waals surface area contributed by atoms with Gasteiger partial charge in [-0.15, -0.1) is 11.8 Å². The minimum Gasteiger partial charge on any atom is -0.477 e. The monoisotopic (exact) mass is 329 g/mol. The lowest BCUT2D eigenvalue weighted by Gasteiger charge is -2.46. The minimum atomic E-state index is -1.18. The number of aliphatic hydroxyl groups is 1. The van der Waals surface area contributed by atoms with E-state index in [4.69, 9.17) is 5.73 Å². The number of amides is 2. The van der Waals surface area contributed by atoms with Gasteiger partial charge < -0.3 is 26.2 Å². The predicted octanol–water partition coefficient (Wildman–Crippen LogP) is -1.09. The molecule has 0 saturated carbocycles. The Hall–Kier alpha value is -1.58. The average Bonchev–Trinajstić information content (AvgIpc) is 2.68. The number of β-lactam (4-membered cyclic amide) rings is 1. The van der Waals surface area contributed by atoms with Crippen molar-refractivity contribution >= 4 is 29.5 Å². The number of rotatable bonds is 6. The van der Waals surface area contributed by atoms with Crippen molar-refractivity contribution in [2.24, 2.45) is 17.6 Å². The van der Waals surface area contributed by atoms with Crippen LogP contribution in [0.25, 0.3) is 0 Å². The van der Waals surface area contributed by atoms with Crippen molar-refractivity contribution in [2.45, 2.75) is 26.0 Å². The molecule has 8 nitrogen and oxygen atoms in total. The Morgan fingerprint density at radius 3 is 2.64 bits per heavy atom. The fourth-order valence-electron chi connectivity index (χ4n) is 2.98. The van der Waals surface area contributed by atoms with Crippen LogP contribution in [0.5, 0.6) is 0 Å². The Morgan fingerprint density at radius 2 is 2.14 bits per heavy atom. The minimum absolute atomic E-state index is 0.0496. The predicted molar refractivity (Wildman–Crippen MR) is 79.3 cm³/mol. The second-order valence-corrected chi connectivity index (χ2v) is 6.38. The second kappa shape index (κ2) is 6.27. The average molecular weight is 329 g/mol. The van der Waals surface area contributed by atoms with Gasteiger partial charge >= 0.3 is 5.97 Å². The molecule has 122 valence electrons. The number of nitrogens with two attached hydrogens (primary N) is 1. The molecule has 2 aliphatic rings. The third-order valence-electron chi connectivity index (χ3n) is 3.99. The zero-order chi connectivity index (χ0) is 16.6. The molecule has 0 bridgehead atoms. The summed E-state index contributed by atoms with van der Waals surface area (Å²) >= 11 is 1.17. The molecular formula is C13H19N3O5S. The van der Waals surface area contributed by atoms with E-state index < -0.39 is 18.0 Å². The normalized spacial score (nSPS) is 28.3. The summed E-state index contributed by atoms with van der Waals surface area (Å²) in [5.41, 5.74) is 5.14. The van der Waals surface area contributed by atoms with Crippen LogP contribution >= 0.6 is 11.8 Å². The van der Waals surface area contributed by atoms with E-state index in [1.165, 1.54) is 23.6 Å². The molecule has 2 rings (SSSR count). The van der Waals surface area contributed by atoms with Crippen LogP contribution in [0, 0.1) is 11.8 Å². The van der Waals surface area contributed by atoms with Crippen LogP contribution in [0.3, 0.4) is 0 Å². The van der Waals surface area contributed by atoms with Crippen LogP contribution in [0.15, 0.2) is 10.6 Å². The van der Waals surface area contributed by atoms with E-state index in [2.05, 4.69) is 5.32 Å². The first-order valence-corrected chi connectivity index (χ1v) is 7.88. The van der Waals surface area contributed by atoms with Crippen LogP contribution < -0.4 is 11.1 Å². The van der Waals surface area contributed by atoms with Gasteiger partial charge in [0.2, 0.25) is 11.8 Å². The van der Waals surface area contributed by atoms with Crippen molar-refractivity contribution < 1.29 is 24.6 Å². The maximum absolute atomic E-state index is 12.1. The molecule has 0 radical (unpaired) electrons. The first kappa shape index (κ1) is 16.8. The molecule has 2 amide bonds. The van der Waals surface area contributed by atoms with Crippen LogP contribution in [-0.2, 0) is 14.4 Å². The van der Waals surface area contributed by atoms with Crippen molar-refractivity contribution in [3.63, 3.8) is 0 Å². The number of thioether (sulfide) groups is 1. The molecule has 0 aromatic carbocycles. The topological polar surface area (TPSA) is 133 Å². The van der Waals surface area contributed by atoms with Crippen molar-refractivity contribution in [1.29, 1.82) is 0 Å². The molecule has 0 aromatic rings. The first-order chi connectivity index (χ1) is 10.3. The number of carboxylic acid groups (broad SMARTS) is 1. The number of aliphatic hydroxyl groups excluding tert-OH is 1. The van der Waals surface area contributed by atoms with Crippen molar-refractivity contribution in [2.75, 3.05) is 12.4 Å². The number of fused-ring (bicyclic) bond motifs is 1. The summed E-state index contributed by atoms with van der Waals surface area (Å²) in [4.78, 5) is 36.5. The number of hydrogen-bond donors (Lipinski definition) is 4. The lowest BCUT2D eigenvalue weighted by atomic mass is 9.79. The summed E-state index contributed by atoms with van der Waals surface area (Å²) in [5, 5.41) is 21.6. The van der Waals surface area contributed by atoms with Crippen LogP contribution in [-0.4, -0.2) is 57.5 Å². The SMILES string of the molecule is CC(O)C1C(=O)N2C(C(=O)O)=C(SCNC(=O)CN)C(C)C12. The van der Waals surface area contributed by atoms with Crippen LogP contribution in [0.2, 0.25) is 0 Å². The van der Waals surface area contributed by atoms with Gasteiger partial charge in [-0.1, -0.05) is 6.92 Å². The highest BCUT2D eigenvalue weighted by Gasteiger charge is 2.59. The fourth-order valence-corrected chi connectivity index (χ4v) is 4.10. The fraction of sp³-hybridized carbons (Fsp3) is 0.615. The van der Waals surface area contributed by atoms with Crippen LogP contribution in [0.1, 0.15) is 13.8 Å². The summed E-state index contributed by atoms with van der Waals surface area (Å²) in [5.74, 6) is -2.49. The Kier molecular flexibility index (Phi) is 4.78. The van der Waals surface area contributed by atoms with Crippen molar-refractivity contribution in [1.82, 2.24) is 10.2 Å². The smallest absolute Gasteiger partial charge is 0.353 e. The van der Waals surface area contributed by atoms with Gasteiger partial charge in [0.05, 0.1) is 30.5 Å². The Balaban J connectivity index is 2.18. The van der Waals surface area contributed by atoms with Gasteiger partial charge in [0.25, 0.3) is 0 Å². The van der Waals surface area contributed by atoms with Gasteiger partial charge in [0.15, 0.2) is 0 Å². The molecule has 0 spiro atoms. The lowest BCUT2D eigenvalue weighted by molar-refractivity contribution is -0.163. The Morgan fingerprint density at radius 1 is 1.50 bits per heavy atom. The molecule has 2 heterocycles. The molecule has 5 N–H and O–H groups in total. The van der Waals surface area contributed by atoms with E-state index in [0.29, 0.717) is 4.91 Å². The molecule has 22 heavy (non-hydrogen) atoms. The summed E-state index contributed by atoms with van der Waals surface area (Å²) in [6.07, 6.45) is -0.826. The molecule has 0 aromatic heterocycles. The van der Waals surface area contributed by atoms with E-state index in [-0.39, 0.29) is 41.9 Å². The highest BCUT2D eigenvalue weighted by atomic mass is 32.2. The van der Waals surface area contributed by atoms with E-state index in [9.17, 15) is 24.6 Å². The van der Waals surface area contributed by atoms with Crippen LogP contribution in [0.4, 0.5) is 0 Å². The summed E-state index contributed by atoms with van der Waals surface area (Å²) < 4.78 is 0. The second-order valence-electron chi connectivity index (χ2n) is 5.36. The highest BCUT2D eigenvalue weighted by Crippen LogP contribution is 2.50. The van der Waals surface area contributed by atoms with Gasteiger partial charge in [-0.05, 0) is 6.92 Å². The molecular weight excluding hydrogens is 310 g/mol. The summed E-state index contributed by atoms with van der Waals surface area (Å²) in [7, 11) is 0. The molecule has 1 saturated heterocycles. The molecule has 9 heteroatoms. The largest absolute Gasteiger partial charge is 0.477 e. The molecule has 2 aliphatic heterocycles. The molecule has 4 atom stereocenters. The first-order valence-electron chi connectivity index (χ1n) is 6.89. The van der Waals surface area contributed by atoms with E-state index in [0.717, 1.165) is 0 Å². The number of hydrogen-bond acceptors (Lipinski definition) is 6. The number of carbonyl (C=O) groups is 3. The van der Waals surface area contributed by atoms with Gasteiger partial charge in [0.1, 0.15) is 5.70 Å². The zero-order valence-corrected chi connectivity index (χ0v) is 13.1. The van der Waals surface area contributed by atoms with Gasteiger partial charge in [-0.2, -0.15) is 0 Å². The number of nitrogens with zero attached hydrogens (tertiary/aromatic N) is 1. The quantitative estimate of drug-likeness (QED) is 0.359. The standard InChI is InChI=1S/C13H19N3O5S/c1-5-9-8(6(2)17)12(19)16(9)10(13(20)21)11(5)22-4-15-7(18)3-14/h5-6,8-9,17H,3-4,14H2,1-2H3,(H,15,18)(H,20,21). The lowest BCUT2D eigenvalue weighted by Crippen LogP contribution is -2.63. The Bertz CT molecular complexity index is 548. The molecule has 4 unspecified atom stereocenters. The maximum atomic E-state index is 12.1. The van der Waals surface area contributed by atoms with Crippen molar-refractivity contribution in [3.05, 3.63) is 10.6 Å². The third kappa shape index (κ3) is 2.59. The van der Waals surface area contributed by atoms with E-state index >= 15 is 0 Å². The Labute approximate surface area is 131 Å². The van der Waals surface area contributed by atoms with Gasteiger partial charge in [-0.3, -0.25) is 9.59 Å².